The van der Waals surface area contributed by atoms with Crippen LogP contribution in [0.25, 0.3) is 0 Å². The molecule has 1 aliphatic rings. The molecule has 3 heteroatoms. The van der Waals surface area contributed by atoms with Gasteiger partial charge in [0.25, 0.3) is 0 Å². The van der Waals surface area contributed by atoms with Crippen molar-refractivity contribution in [2.45, 2.75) is 38.7 Å². The molecule has 0 radical (unpaired) electrons. The zero-order valence-corrected chi connectivity index (χ0v) is 8.76. The summed E-state index contributed by atoms with van der Waals surface area (Å²) in [7, 11) is 2.15. The lowest BCUT2D eigenvalue weighted by Gasteiger charge is -2.42. The van der Waals surface area contributed by atoms with Gasteiger partial charge in [0.1, 0.15) is 7.85 Å². The predicted molar refractivity (Wildman–Crippen MR) is 54.2 cm³/mol. The molecule has 1 fully saturated rings. The highest BCUT2D eigenvalue weighted by molar-refractivity contribution is 6.11. The van der Waals surface area contributed by atoms with Gasteiger partial charge in [0.05, 0.1) is 6.61 Å². The highest BCUT2D eigenvalue weighted by Crippen LogP contribution is 2.20. The molecule has 1 aliphatic heterocycles. The summed E-state index contributed by atoms with van der Waals surface area (Å²) in [6.45, 7) is 9.94. The number of hydrogen-bond donors (Lipinski definition) is 0. The van der Waals surface area contributed by atoms with Gasteiger partial charge < -0.3 is 4.74 Å². The lowest BCUT2D eigenvalue weighted by atomic mass is 9.93. The highest BCUT2D eigenvalue weighted by Gasteiger charge is 2.28. The number of rotatable bonds is 2. The van der Waals surface area contributed by atoms with Gasteiger partial charge >= 0.3 is 0 Å². The molecule has 1 rings (SSSR count). The maximum absolute atomic E-state index is 5.51. The van der Waals surface area contributed by atoms with Crippen LogP contribution in [0.2, 0.25) is 0 Å². The first kappa shape index (κ1) is 10.1. The summed E-state index contributed by atoms with van der Waals surface area (Å²) in [5, 5.41) is 0. The van der Waals surface area contributed by atoms with E-state index < -0.39 is 0 Å². The third-order valence-electron chi connectivity index (χ3n) is 2.96. The Morgan fingerprint density at radius 1 is 1.58 bits per heavy atom. The van der Waals surface area contributed by atoms with Crippen molar-refractivity contribution in [2.24, 2.45) is 0 Å². The van der Waals surface area contributed by atoms with Gasteiger partial charge in [0.15, 0.2) is 0 Å². The molecule has 12 heavy (non-hydrogen) atoms. The average molecular weight is 169 g/mol. The number of hydrogen-bond acceptors (Lipinski definition) is 2. The minimum atomic E-state index is 0.345. The van der Waals surface area contributed by atoms with Gasteiger partial charge in [-0.3, -0.25) is 4.90 Å². The highest BCUT2D eigenvalue weighted by atomic mass is 16.5. The summed E-state index contributed by atoms with van der Waals surface area (Å²) in [5.41, 5.74) is 0.345. The topological polar surface area (TPSA) is 12.5 Å². The van der Waals surface area contributed by atoms with Crippen molar-refractivity contribution >= 4 is 7.85 Å². The summed E-state index contributed by atoms with van der Waals surface area (Å²) in [6.07, 6.45) is 1.21. The minimum Gasteiger partial charge on any atom is -0.385 e. The van der Waals surface area contributed by atoms with Gasteiger partial charge in [-0.1, -0.05) is 6.92 Å². The van der Waals surface area contributed by atoms with Gasteiger partial charge in [-0.15, -0.1) is 0 Å². The number of nitrogens with zero attached hydrogens (tertiary/aromatic N) is 1. The first-order valence-corrected chi connectivity index (χ1v) is 4.93. The molecule has 1 unspecified atom stereocenters. The molecule has 1 atom stereocenters. The Labute approximate surface area is 76.7 Å². The Hall–Kier alpha value is -0.0151. The second kappa shape index (κ2) is 3.80. The van der Waals surface area contributed by atoms with Crippen LogP contribution in [0, 0.1) is 0 Å². The van der Waals surface area contributed by atoms with E-state index in [1.807, 2.05) is 0 Å². The van der Waals surface area contributed by atoms with Gasteiger partial charge in [0, 0.05) is 24.6 Å². The Kier molecular flexibility index (Phi) is 3.19. The largest absolute Gasteiger partial charge is 0.385 e. The Bertz CT molecular complexity index is 149. The van der Waals surface area contributed by atoms with Gasteiger partial charge in [-0.25, -0.2) is 0 Å². The first-order valence-electron chi connectivity index (χ1n) is 4.93. The monoisotopic (exact) mass is 169 g/mol. The molecule has 2 nitrogen and oxygen atoms in total. The smallest absolute Gasteiger partial charge is 0.140 e. The predicted octanol–water partition coefficient (Wildman–Crippen LogP) is 0.466. The van der Waals surface area contributed by atoms with Crippen molar-refractivity contribution < 1.29 is 4.74 Å². The van der Waals surface area contributed by atoms with E-state index in [4.69, 9.17) is 4.74 Å². The molecule has 0 aliphatic carbocycles. The van der Waals surface area contributed by atoms with Crippen LogP contribution in [0.3, 0.4) is 0 Å². The molecule has 0 bridgehead atoms. The van der Waals surface area contributed by atoms with Crippen LogP contribution in [0.4, 0.5) is 0 Å². The van der Waals surface area contributed by atoms with E-state index in [0.717, 1.165) is 19.7 Å². The molecule has 0 amide bonds. The van der Waals surface area contributed by atoms with Crippen LogP contribution >= 0.6 is 0 Å². The lowest BCUT2D eigenvalue weighted by Crippen LogP contribution is -2.52. The summed E-state index contributed by atoms with van der Waals surface area (Å²) >= 11 is 0. The molecule has 1 heterocycles. The van der Waals surface area contributed by atoms with Crippen molar-refractivity contribution in [3.8, 4) is 0 Å². The zero-order valence-electron chi connectivity index (χ0n) is 8.76. The summed E-state index contributed by atoms with van der Waals surface area (Å²) in [5.74, 6) is 0. The van der Waals surface area contributed by atoms with Crippen LogP contribution in [-0.2, 0) is 4.74 Å². The normalized spacial score (nSPS) is 27.4. The second-order valence-electron chi connectivity index (χ2n) is 4.29. The summed E-state index contributed by atoms with van der Waals surface area (Å²) < 4.78 is 5.51. The van der Waals surface area contributed by atoms with Gasteiger partial charge in [-0.05, 0) is 20.3 Å². The molecular formula is C9H20BNO. The molecule has 0 aromatic carbocycles. The molecule has 0 spiro atoms. The quantitative estimate of drug-likeness (QED) is 0.557. The van der Waals surface area contributed by atoms with E-state index in [1.54, 1.807) is 0 Å². The number of morpholine rings is 1. The molecule has 0 saturated carbocycles. The van der Waals surface area contributed by atoms with Crippen LogP contribution in [-0.4, -0.2) is 44.0 Å². The van der Waals surface area contributed by atoms with Crippen LogP contribution in [0.15, 0.2) is 0 Å². The summed E-state index contributed by atoms with van der Waals surface area (Å²) in [4.78, 5) is 2.53. The maximum atomic E-state index is 5.51. The van der Waals surface area contributed by atoms with Crippen molar-refractivity contribution in [1.29, 1.82) is 0 Å². The van der Waals surface area contributed by atoms with E-state index in [0.29, 0.717) is 11.5 Å². The third-order valence-corrected chi connectivity index (χ3v) is 2.96. The molecule has 1 saturated heterocycles. The molecule has 0 aromatic heterocycles. The average Bonchev–Trinajstić information content (AvgIpc) is 2.05. The maximum Gasteiger partial charge on any atom is 0.140 e. The minimum absolute atomic E-state index is 0.345. The van der Waals surface area contributed by atoms with Crippen molar-refractivity contribution in [3.05, 3.63) is 0 Å². The Morgan fingerprint density at radius 3 is 2.75 bits per heavy atom. The molecular weight excluding hydrogens is 149 g/mol. The van der Waals surface area contributed by atoms with Gasteiger partial charge in [0.2, 0.25) is 0 Å². The Balaban J connectivity index is 2.50. The SMILES string of the molecule is BC1CN(C(C)(C)CC)CCO1. The fourth-order valence-electron chi connectivity index (χ4n) is 1.59. The second-order valence-corrected chi connectivity index (χ2v) is 4.29. The Morgan fingerprint density at radius 2 is 2.25 bits per heavy atom. The molecule has 0 N–H and O–H groups in total. The van der Waals surface area contributed by atoms with Crippen LogP contribution in [0.5, 0.6) is 0 Å². The first-order chi connectivity index (χ1) is 5.56. The van der Waals surface area contributed by atoms with Crippen LogP contribution < -0.4 is 0 Å². The van der Waals surface area contributed by atoms with E-state index in [9.17, 15) is 0 Å². The lowest BCUT2D eigenvalue weighted by molar-refractivity contribution is -0.0296. The van der Waals surface area contributed by atoms with E-state index in [-0.39, 0.29) is 0 Å². The molecule has 0 aromatic rings. The summed E-state index contributed by atoms with van der Waals surface area (Å²) in [6, 6.07) is 0.407. The fraction of sp³-hybridized carbons (Fsp3) is 1.00. The van der Waals surface area contributed by atoms with Crippen molar-refractivity contribution in [3.63, 3.8) is 0 Å². The van der Waals surface area contributed by atoms with Crippen molar-refractivity contribution in [1.82, 2.24) is 4.90 Å². The van der Waals surface area contributed by atoms with Gasteiger partial charge in [-0.2, -0.15) is 0 Å². The van der Waals surface area contributed by atoms with Crippen LogP contribution in [0.1, 0.15) is 27.2 Å². The van der Waals surface area contributed by atoms with E-state index in [2.05, 4.69) is 33.5 Å². The number of ether oxygens (including phenoxy) is 1. The fourth-order valence-corrected chi connectivity index (χ4v) is 1.59. The standard InChI is InChI=1S/C9H20BNO/c1-4-9(2,3)11-5-6-12-8(10)7-11/h8H,4-7,10H2,1-3H3. The molecule has 70 valence electrons. The van der Waals surface area contributed by atoms with E-state index >= 15 is 0 Å². The zero-order chi connectivity index (χ0) is 9.19. The van der Waals surface area contributed by atoms with Crippen molar-refractivity contribution in [2.75, 3.05) is 19.7 Å². The van der Waals surface area contributed by atoms with E-state index in [1.165, 1.54) is 6.42 Å². The third kappa shape index (κ3) is 2.24.